The van der Waals surface area contributed by atoms with Crippen LogP contribution in [0, 0.1) is 19.3 Å². The first-order valence-corrected chi connectivity index (χ1v) is 11.6. The molecule has 0 saturated carbocycles. The van der Waals surface area contributed by atoms with Crippen LogP contribution >= 0.6 is 24.0 Å². The molecule has 3 fully saturated rings. The predicted octanol–water partition coefficient (Wildman–Crippen LogP) is 3.14. The lowest BCUT2D eigenvalue weighted by Crippen LogP contribution is -2.48. The lowest BCUT2D eigenvalue weighted by atomic mass is 9.78. The van der Waals surface area contributed by atoms with E-state index >= 15 is 0 Å². The standard InChI is InChI=1S/C21H28N4O2S2/c1-14-9-15(2)11-16(10-14)22-19(28)24-6-3-21(4-7-24)5-8-25(13-21)18(26)17-12-29-20(27)23-17/h9-11,17H,3-8,12-13H2,1-2H3,(H,22,28)(H,23,27)/t17-/m0/s1. The number of piperidine rings is 1. The van der Waals surface area contributed by atoms with Gasteiger partial charge in [0.15, 0.2) is 5.11 Å². The van der Waals surface area contributed by atoms with Crippen LogP contribution in [0.15, 0.2) is 18.2 Å². The number of rotatable bonds is 2. The number of thiocarbonyl (C=S) groups is 1. The van der Waals surface area contributed by atoms with Gasteiger partial charge in [-0.15, -0.1) is 0 Å². The van der Waals surface area contributed by atoms with E-state index in [1.165, 1.54) is 22.9 Å². The highest BCUT2D eigenvalue weighted by Crippen LogP contribution is 2.41. The first-order valence-electron chi connectivity index (χ1n) is 10.2. The second-order valence-corrected chi connectivity index (χ2v) is 9.98. The number of thioether (sulfide) groups is 1. The predicted molar refractivity (Wildman–Crippen MR) is 121 cm³/mol. The number of aryl methyl sites for hydroxylation is 2. The molecule has 0 aliphatic carbocycles. The Kier molecular flexibility index (Phi) is 5.75. The fourth-order valence-electron chi connectivity index (χ4n) is 4.70. The molecule has 1 atom stereocenters. The highest BCUT2D eigenvalue weighted by atomic mass is 32.2. The van der Waals surface area contributed by atoms with Gasteiger partial charge in [0.05, 0.1) is 0 Å². The number of carbonyl (C=O) groups is 2. The average Bonchev–Trinajstić information content (AvgIpc) is 3.28. The summed E-state index contributed by atoms with van der Waals surface area (Å²) in [5, 5.41) is 6.86. The van der Waals surface area contributed by atoms with Crippen molar-refractivity contribution >= 4 is 45.9 Å². The number of benzene rings is 1. The number of nitrogens with one attached hydrogen (secondary N) is 2. The molecule has 2 N–H and O–H groups in total. The van der Waals surface area contributed by atoms with E-state index in [-0.39, 0.29) is 22.6 Å². The topological polar surface area (TPSA) is 64.7 Å². The highest BCUT2D eigenvalue weighted by Gasteiger charge is 2.44. The minimum absolute atomic E-state index is 0.0784. The van der Waals surface area contributed by atoms with E-state index in [1.807, 2.05) is 4.90 Å². The largest absolute Gasteiger partial charge is 0.349 e. The van der Waals surface area contributed by atoms with Gasteiger partial charge in [-0.2, -0.15) is 0 Å². The second kappa shape index (κ2) is 8.14. The number of carbonyl (C=O) groups excluding carboxylic acids is 2. The normalized spacial score (nSPS) is 23.4. The zero-order chi connectivity index (χ0) is 20.6. The zero-order valence-electron chi connectivity index (χ0n) is 17.0. The van der Waals surface area contributed by atoms with Crippen LogP contribution < -0.4 is 10.6 Å². The number of nitrogens with zero attached hydrogens (tertiary/aromatic N) is 2. The Balaban J connectivity index is 1.30. The average molecular weight is 433 g/mol. The molecule has 2 amide bonds. The summed E-state index contributed by atoms with van der Waals surface area (Å²) in [6, 6.07) is 6.04. The minimum Gasteiger partial charge on any atom is -0.349 e. The summed E-state index contributed by atoms with van der Waals surface area (Å²) in [6.45, 7) is 7.60. The summed E-state index contributed by atoms with van der Waals surface area (Å²) in [6.07, 6.45) is 3.12. The summed E-state index contributed by atoms with van der Waals surface area (Å²) in [7, 11) is 0. The lowest BCUT2D eigenvalue weighted by Gasteiger charge is -2.40. The Morgan fingerprint density at radius 3 is 2.34 bits per heavy atom. The number of hydrogen-bond acceptors (Lipinski definition) is 4. The highest BCUT2D eigenvalue weighted by molar-refractivity contribution is 8.14. The van der Waals surface area contributed by atoms with Crippen molar-refractivity contribution in [2.75, 3.05) is 37.2 Å². The fourth-order valence-corrected chi connectivity index (χ4v) is 5.77. The van der Waals surface area contributed by atoms with Gasteiger partial charge in [0.1, 0.15) is 6.04 Å². The van der Waals surface area contributed by atoms with E-state index in [0.717, 1.165) is 56.2 Å². The maximum atomic E-state index is 12.7. The van der Waals surface area contributed by atoms with Gasteiger partial charge in [-0.25, -0.2) is 0 Å². The van der Waals surface area contributed by atoms with E-state index in [0.29, 0.717) is 5.75 Å². The Morgan fingerprint density at radius 1 is 1.14 bits per heavy atom. The van der Waals surface area contributed by atoms with Gasteiger partial charge in [-0.05, 0) is 74.0 Å². The van der Waals surface area contributed by atoms with Crippen molar-refractivity contribution in [3.8, 4) is 0 Å². The van der Waals surface area contributed by atoms with Crippen LogP contribution in [0.3, 0.4) is 0 Å². The molecular formula is C21H28N4O2S2. The van der Waals surface area contributed by atoms with Crippen LogP contribution in [0.2, 0.25) is 0 Å². The molecular weight excluding hydrogens is 404 g/mol. The first-order chi connectivity index (χ1) is 13.8. The molecule has 8 heteroatoms. The van der Waals surface area contributed by atoms with Crippen LogP contribution in [-0.2, 0) is 4.79 Å². The smallest absolute Gasteiger partial charge is 0.279 e. The summed E-state index contributed by atoms with van der Waals surface area (Å²) in [5.74, 6) is 0.627. The Hall–Kier alpha value is -1.80. The van der Waals surface area contributed by atoms with Gasteiger partial charge in [0, 0.05) is 37.6 Å². The van der Waals surface area contributed by atoms with Crippen molar-refractivity contribution in [1.29, 1.82) is 0 Å². The molecule has 0 unspecified atom stereocenters. The first kappa shape index (κ1) is 20.5. The third kappa shape index (κ3) is 4.53. The molecule has 0 radical (unpaired) electrons. The maximum Gasteiger partial charge on any atom is 0.279 e. The molecule has 3 aliphatic rings. The molecule has 3 heterocycles. The van der Waals surface area contributed by atoms with E-state index in [1.54, 1.807) is 0 Å². The van der Waals surface area contributed by atoms with Gasteiger partial charge < -0.3 is 20.4 Å². The minimum atomic E-state index is -0.350. The van der Waals surface area contributed by atoms with E-state index in [2.05, 4.69) is 47.6 Å². The van der Waals surface area contributed by atoms with Gasteiger partial charge in [-0.3, -0.25) is 9.59 Å². The molecule has 156 valence electrons. The molecule has 3 aliphatic heterocycles. The molecule has 0 bridgehead atoms. The van der Waals surface area contributed by atoms with Gasteiger partial charge in [-0.1, -0.05) is 17.8 Å². The zero-order valence-corrected chi connectivity index (χ0v) is 18.6. The van der Waals surface area contributed by atoms with Crippen molar-refractivity contribution in [1.82, 2.24) is 15.1 Å². The van der Waals surface area contributed by atoms with E-state index < -0.39 is 0 Å². The quantitative estimate of drug-likeness (QED) is 0.700. The van der Waals surface area contributed by atoms with Crippen molar-refractivity contribution in [2.24, 2.45) is 5.41 Å². The number of amides is 2. The summed E-state index contributed by atoms with van der Waals surface area (Å²) >= 11 is 6.86. The van der Waals surface area contributed by atoms with Crippen LogP contribution in [0.4, 0.5) is 10.5 Å². The van der Waals surface area contributed by atoms with Gasteiger partial charge in [0.25, 0.3) is 5.24 Å². The van der Waals surface area contributed by atoms with Crippen molar-refractivity contribution < 1.29 is 9.59 Å². The van der Waals surface area contributed by atoms with Crippen LogP contribution in [0.1, 0.15) is 30.4 Å². The number of likely N-dealkylation sites (tertiary alicyclic amines) is 2. The number of anilines is 1. The Morgan fingerprint density at radius 2 is 1.76 bits per heavy atom. The summed E-state index contributed by atoms with van der Waals surface area (Å²) in [5.41, 5.74) is 3.68. The molecule has 0 aromatic heterocycles. The van der Waals surface area contributed by atoms with Gasteiger partial charge in [0.2, 0.25) is 5.91 Å². The third-order valence-electron chi connectivity index (χ3n) is 6.31. The summed E-state index contributed by atoms with van der Waals surface area (Å²) < 4.78 is 0. The maximum absolute atomic E-state index is 12.7. The van der Waals surface area contributed by atoms with Crippen LogP contribution in [-0.4, -0.2) is 64.0 Å². The van der Waals surface area contributed by atoms with Crippen molar-refractivity contribution in [2.45, 2.75) is 39.2 Å². The Bertz CT molecular complexity index is 816. The van der Waals surface area contributed by atoms with E-state index in [4.69, 9.17) is 12.2 Å². The van der Waals surface area contributed by atoms with Crippen LogP contribution in [0.5, 0.6) is 0 Å². The fraction of sp³-hybridized carbons (Fsp3) is 0.571. The van der Waals surface area contributed by atoms with Crippen LogP contribution in [0.25, 0.3) is 0 Å². The molecule has 29 heavy (non-hydrogen) atoms. The molecule has 1 aromatic carbocycles. The molecule has 1 aromatic rings. The Labute approximate surface area is 181 Å². The van der Waals surface area contributed by atoms with Crippen molar-refractivity contribution in [3.63, 3.8) is 0 Å². The third-order valence-corrected chi connectivity index (χ3v) is 7.55. The summed E-state index contributed by atoms with van der Waals surface area (Å²) in [4.78, 5) is 28.3. The second-order valence-electron chi connectivity index (χ2n) is 8.60. The van der Waals surface area contributed by atoms with Gasteiger partial charge >= 0.3 is 0 Å². The lowest BCUT2D eigenvalue weighted by molar-refractivity contribution is -0.132. The molecule has 3 saturated heterocycles. The molecule has 6 nitrogen and oxygen atoms in total. The monoisotopic (exact) mass is 432 g/mol. The number of hydrogen-bond donors (Lipinski definition) is 2. The molecule has 1 spiro atoms. The molecule has 4 rings (SSSR count). The SMILES string of the molecule is Cc1cc(C)cc(NC(=S)N2CCC3(CCN(C(=O)[C@@H]4CSC(=O)N4)C3)CC2)c1. The van der Waals surface area contributed by atoms with E-state index in [9.17, 15) is 9.59 Å². The van der Waals surface area contributed by atoms with Crippen molar-refractivity contribution in [3.05, 3.63) is 29.3 Å².